The van der Waals surface area contributed by atoms with Crippen molar-refractivity contribution in [3.63, 3.8) is 0 Å². The standard InChI is InChI=1S/C15H18N2O4/c1-16(10-15(20)21)14(19)9-11-4-6-12(7-5-11)17-8-2-3-13(17)18/h4-7H,2-3,8-10H2,1H3,(H,20,21). The van der Waals surface area contributed by atoms with Crippen molar-refractivity contribution in [2.24, 2.45) is 0 Å². The number of nitrogens with zero attached hydrogens (tertiary/aromatic N) is 2. The number of aliphatic carboxylic acids is 1. The molecule has 2 amide bonds. The lowest BCUT2D eigenvalue weighted by atomic mass is 10.1. The van der Waals surface area contributed by atoms with Gasteiger partial charge >= 0.3 is 5.97 Å². The first-order chi connectivity index (χ1) is 9.97. The van der Waals surface area contributed by atoms with Crippen LogP contribution in [-0.4, -0.2) is 47.9 Å². The van der Waals surface area contributed by atoms with Crippen molar-refractivity contribution in [3.05, 3.63) is 29.8 Å². The molecule has 1 aromatic rings. The lowest BCUT2D eigenvalue weighted by Crippen LogP contribution is -2.33. The van der Waals surface area contributed by atoms with Crippen molar-refractivity contribution < 1.29 is 19.5 Å². The van der Waals surface area contributed by atoms with Gasteiger partial charge in [0.2, 0.25) is 11.8 Å². The van der Waals surface area contributed by atoms with E-state index in [1.807, 2.05) is 12.1 Å². The van der Waals surface area contributed by atoms with Crippen molar-refractivity contribution in [1.29, 1.82) is 0 Å². The van der Waals surface area contributed by atoms with Crippen LogP contribution in [0.1, 0.15) is 18.4 Å². The highest BCUT2D eigenvalue weighted by atomic mass is 16.4. The summed E-state index contributed by atoms with van der Waals surface area (Å²) in [7, 11) is 1.47. The van der Waals surface area contributed by atoms with Crippen LogP contribution in [0.5, 0.6) is 0 Å². The number of hydrogen-bond acceptors (Lipinski definition) is 3. The summed E-state index contributed by atoms with van der Waals surface area (Å²) in [6.45, 7) is 0.428. The van der Waals surface area contributed by atoms with E-state index in [1.165, 1.54) is 11.9 Å². The van der Waals surface area contributed by atoms with Crippen molar-refractivity contribution in [2.75, 3.05) is 25.0 Å². The third kappa shape index (κ3) is 3.81. The van der Waals surface area contributed by atoms with Crippen molar-refractivity contribution in [1.82, 2.24) is 4.90 Å². The summed E-state index contributed by atoms with van der Waals surface area (Å²) in [5.41, 5.74) is 1.64. The van der Waals surface area contributed by atoms with Gasteiger partial charge < -0.3 is 14.9 Å². The van der Waals surface area contributed by atoms with Gasteiger partial charge in [-0.2, -0.15) is 0 Å². The van der Waals surface area contributed by atoms with Gasteiger partial charge in [0.15, 0.2) is 0 Å². The van der Waals surface area contributed by atoms with Crippen LogP contribution in [-0.2, 0) is 20.8 Å². The zero-order valence-corrected chi connectivity index (χ0v) is 11.9. The normalized spacial score (nSPS) is 14.3. The largest absolute Gasteiger partial charge is 0.480 e. The summed E-state index contributed by atoms with van der Waals surface area (Å²) >= 11 is 0. The smallest absolute Gasteiger partial charge is 0.323 e. The van der Waals surface area contributed by atoms with Gasteiger partial charge in [-0.3, -0.25) is 14.4 Å². The van der Waals surface area contributed by atoms with Gasteiger partial charge in [-0.05, 0) is 24.1 Å². The minimum Gasteiger partial charge on any atom is -0.480 e. The van der Waals surface area contributed by atoms with Crippen LogP contribution in [0.3, 0.4) is 0 Å². The number of carbonyl (C=O) groups is 3. The number of anilines is 1. The topological polar surface area (TPSA) is 77.9 Å². The maximum Gasteiger partial charge on any atom is 0.323 e. The lowest BCUT2D eigenvalue weighted by molar-refractivity contribution is -0.143. The first-order valence-electron chi connectivity index (χ1n) is 6.82. The van der Waals surface area contributed by atoms with Gasteiger partial charge in [0.05, 0.1) is 6.42 Å². The van der Waals surface area contributed by atoms with E-state index < -0.39 is 5.97 Å². The number of carbonyl (C=O) groups excluding carboxylic acids is 2. The minimum atomic E-state index is -1.03. The van der Waals surface area contributed by atoms with Gasteiger partial charge in [-0.1, -0.05) is 12.1 Å². The van der Waals surface area contributed by atoms with Crippen LogP contribution in [0.4, 0.5) is 5.69 Å². The monoisotopic (exact) mass is 290 g/mol. The Kier molecular flexibility index (Phi) is 4.57. The molecule has 0 radical (unpaired) electrons. The quantitative estimate of drug-likeness (QED) is 0.874. The van der Waals surface area contributed by atoms with Gasteiger partial charge in [-0.25, -0.2) is 0 Å². The zero-order valence-electron chi connectivity index (χ0n) is 11.9. The van der Waals surface area contributed by atoms with E-state index in [2.05, 4.69) is 0 Å². The molecule has 21 heavy (non-hydrogen) atoms. The Balaban J connectivity index is 1.97. The molecule has 0 atom stereocenters. The van der Waals surface area contributed by atoms with E-state index in [0.29, 0.717) is 6.42 Å². The van der Waals surface area contributed by atoms with Crippen LogP contribution in [0.2, 0.25) is 0 Å². The van der Waals surface area contributed by atoms with Crippen LogP contribution >= 0.6 is 0 Å². The predicted molar refractivity (Wildman–Crippen MR) is 77.0 cm³/mol. The highest BCUT2D eigenvalue weighted by Gasteiger charge is 2.21. The maximum atomic E-state index is 11.8. The Morgan fingerprint density at radius 3 is 2.48 bits per heavy atom. The lowest BCUT2D eigenvalue weighted by Gasteiger charge is -2.17. The highest BCUT2D eigenvalue weighted by Crippen LogP contribution is 2.21. The molecule has 0 bridgehead atoms. The van der Waals surface area contributed by atoms with Crippen molar-refractivity contribution >= 4 is 23.5 Å². The fraction of sp³-hybridized carbons (Fsp3) is 0.400. The second-order valence-electron chi connectivity index (χ2n) is 5.14. The second-order valence-corrected chi connectivity index (χ2v) is 5.14. The van der Waals surface area contributed by atoms with E-state index in [-0.39, 0.29) is 24.8 Å². The molecule has 0 aliphatic carbocycles. The molecule has 1 heterocycles. The average Bonchev–Trinajstić information content (AvgIpc) is 2.85. The van der Waals surface area contributed by atoms with Crippen LogP contribution in [0.25, 0.3) is 0 Å². The van der Waals surface area contributed by atoms with E-state index in [4.69, 9.17) is 5.11 Å². The number of carboxylic acid groups (broad SMARTS) is 1. The molecule has 6 heteroatoms. The summed E-state index contributed by atoms with van der Waals surface area (Å²) in [6.07, 6.45) is 1.61. The zero-order chi connectivity index (χ0) is 15.4. The molecule has 1 aliphatic rings. The summed E-state index contributed by atoms with van der Waals surface area (Å²) in [6, 6.07) is 7.24. The van der Waals surface area contributed by atoms with E-state index in [9.17, 15) is 14.4 Å². The molecule has 0 unspecified atom stereocenters. The number of amides is 2. The van der Waals surface area contributed by atoms with Crippen molar-refractivity contribution in [3.8, 4) is 0 Å². The van der Waals surface area contributed by atoms with Crippen LogP contribution in [0.15, 0.2) is 24.3 Å². The highest BCUT2D eigenvalue weighted by molar-refractivity contribution is 5.95. The number of likely N-dealkylation sites (N-methyl/N-ethyl adjacent to an activating group) is 1. The molecule has 0 saturated carbocycles. The molecule has 1 saturated heterocycles. The number of rotatable bonds is 5. The Labute approximate surface area is 123 Å². The number of benzene rings is 1. The molecule has 1 fully saturated rings. The summed E-state index contributed by atoms with van der Waals surface area (Å²) in [5.74, 6) is -1.16. The third-order valence-electron chi connectivity index (χ3n) is 3.47. The number of carboxylic acids is 1. The molecule has 0 spiro atoms. The van der Waals surface area contributed by atoms with E-state index in [0.717, 1.165) is 24.2 Å². The SMILES string of the molecule is CN(CC(=O)O)C(=O)Cc1ccc(N2CCCC2=O)cc1. The van der Waals surface area contributed by atoms with Gasteiger partial charge in [0.1, 0.15) is 6.54 Å². The van der Waals surface area contributed by atoms with Crippen molar-refractivity contribution in [2.45, 2.75) is 19.3 Å². The molecule has 0 aromatic heterocycles. The van der Waals surface area contributed by atoms with Crippen LogP contribution < -0.4 is 4.90 Å². The first kappa shape index (κ1) is 15.0. The predicted octanol–water partition coefficient (Wildman–Crippen LogP) is 0.899. The Morgan fingerprint density at radius 2 is 1.95 bits per heavy atom. The molecule has 6 nitrogen and oxygen atoms in total. The average molecular weight is 290 g/mol. The minimum absolute atomic E-state index is 0.125. The summed E-state index contributed by atoms with van der Waals surface area (Å²) < 4.78 is 0. The molecular weight excluding hydrogens is 272 g/mol. The van der Waals surface area contributed by atoms with Gasteiger partial charge in [0.25, 0.3) is 0 Å². The number of hydrogen-bond donors (Lipinski definition) is 1. The molecular formula is C15H18N2O4. The fourth-order valence-electron chi connectivity index (χ4n) is 2.32. The molecule has 2 rings (SSSR count). The molecule has 112 valence electrons. The molecule has 1 N–H and O–H groups in total. The molecule has 1 aliphatic heterocycles. The first-order valence-corrected chi connectivity index (χ1v) is 6.82. The fourth-order valence-corrected chi connectivity index (χ4v) is 2.32. The Hall–Kier alpha value is -2.37. The Bertz CT molecular complexity index is 553. The third-order valence-corrected chi connectivity index (χ3v) is 3.47. The van der Waals surface area contributed by atoms with Gasteiger partial charge in [0, 0.05) is 25.7 Å². The van der Waals surface area contributed by atoms with E-state index in [1.54, 1.807) is 17.0 Å². The summed E-state index contributed by atoms with van der Waals surface area (Å²) in [4.78, 5) is 37.0. The summed E-state index contributed by atoms with van der Waals surface area (Å²) in [5, 5.41) is 8.65. The van der Waals surface area contributed by atoms with Gasteiger partial charge in [-0.15, -0.1) is 0 Å². The van der Waals surface area contributed by atoms with Crippen LogP contribution in [0, 0.1) is 0 Å². The Morgan fingerprint density at radius 1 is 1.29 bits per heavy atom. The van der Waals surface area contributed by atoms with E-state index >= 15 is 0 Å². The molecule has 1 aromatic carbocycles. The maximum absolute atomic E-state index is 11.8. The second kappa shape index (κ2) is 6.39.